The Bertz CT molecular complexity index is 1120. The Morgan fingerprint density at radius 3 is 1.89 bits per heavy atom. The molecule has 1 fully saturated rings. The number of rotatable bonds is 28. The molecule has 0 aromatic rings. The molecule has 1 aliphatic rings. The molecule has 306 valence electrons. The maximum atomic E-state index is 13.8. The van der Waals surface area contributed by atoms with Crippen molar-refractivity contribution in [2.24, 2.45) is 11.8 Å². The molecule has 1 saturated heterocycles. The zero-order chi connectivity index (χ0) is 39.8. The normalized spacial score (nSPS) is 18.7. The summed E-state index contributed by atoms with van der Waals surface area (Å²) in [5.74, 6) is -3.10. The largest absolute Gasteiger partial charge is 0.396 e. The molecule has 5 amide bonds. The van der Waals surface area contributed by atoms with E-state index in [4.69, 9.17) is 0 Å². The van der Waals surface area contributed by atoms with Gasteiger partial charge in [-0.15, -0.1) is 0 Å². The zero-order valence-electron chi connectivity index (χ0n) is 33.5. The van der Waals surface area contributed by atoms with Crippen LogP contribution in [0.1, 0.15) is 144 Å². The van der Waals surface area contributed by atoms with Crippen molar-refractivity contribution in [2.75, 3.05) is 19.8 Å². The third-order valence-corrected chi connectivity index (χ3v) is 9.79. The fourth-order valence-corrected chi connectivity index (χ4v) is 6.54. The monoisotopic (exact) mass is 752 g/mol. The van der Waals surface area contributed by atoms with E-state index in [-0.39, 0.29) is 44.4 Å². The lowest BCUT2D eigenvalue weighted by Gasteiger charge is -2.31. The Morgan fingerprint density at radius 1 is 0.755 bits per heavy atom. The predicted molar refractivity (Wildman–Crippen MR) is 207 cm³/mol. The van der Waals surface area contributed by atoms with Gasteiger partial charge in [0.1, 0.15) is 24.2 Å². The van der Waals surface area contributed by atoms with E-state index in [1.54, 1.807) is 20.8 Å². The van der Waals surface area contributed by atoms with Crippen LogP contribution in [0.15, 0.2) is 12.2 Å². The molecule has 0 spiro atoms. The number of nitrogens with one attached hydrogen (secondary N) is 4. The molecule has 0 saturated carbocycles. The fraction of sp³-hybridized carbons (Fsp3) is 0.825. The lowest BCUT2D eigenvalue weighted by atomic mass is 10.0. The van der Waals surface area contributed by atoms with Crippen molar-refractivity contribution in [3.63, 3.8) is 0 Å². The van der Waals surface area contributed by atoms with Crippen molar-refractivity contribution in [1.29, 1.82) is 0 Å². The molecular weight excluding hydrogens is 678 g/mol. The first kappa shape index (κ1) is 48.0. The molecule has 0 bridgehead atoms. The van der Waals surface area contributed by atoms with E-state index in [9.17, 15) is 39.3 Å². The minimum absolute atomic E-state index is 0.0478. The number of allylic oxidation sites excluding steroid dienone is 2. The average molecular weight is 752 g/mol. The highest BCUT2D eigenvalue weighted by Gasteiger charge is 2.43. The lowest BCUT2D eigenvalue weighted by Crippen LogP contribution is -2.60. The van der Waals surface area contributed by atoms with Crippen LogP contribution in [-0.2, 0) is 24.0 Å². The Labute approximate surface area is 318 Å². The van der Waals surface area contributed by atoms with E-state index in [0.717, 1.165) is 38.5 Å². The molecule has 0 aliphatic carbocycles. The Kier molecular flexibility index (Phi) is 24.9. The average Bonchev–Trinajstić information content (AvgIpc) is 3.51. The number of carbonyl (C=O) groups is 5. The van der Waals surface area contributed by atoms with Gasteiger partial charge < -0.3 is 41.5 Å². The van der Waals surface area contributed by atoms with Crippen LogP contribution >= 0.6 is 0 Å². The SMILES string of the molecule is CCCCCCCC/C=C\CCCCCCCC(=O)N[C@H](C(=O)N1C[C@H](C)C[C@H]1C(=O)N[C@H](C(=O)N[C@@H](CCO)C(=O)N[C@@H](C)CO)C(C)C)[C@@H](C)O. The highest BCUT2D eigenvalue weighted by molar-refractivity contribution is 5.96. The predicted octanol–water partition coefficient (Wildman–Crippen LogP) is 3.63. The standard InChI is InChI=1S/C40H73N5O8/c1-7-8-9-10-11-12-13-14-15-16-17-18-19-20-21-22-34(49)43-36(31(6)48)40(53)45-26-29(4)25-33(45)38(51)44-35(28(2)3)39(52)42-32(23-24-46)37(50)41-30(5)27-47/h14-15,28-33,35-36,46-48H,7-13,16-27H2,1-6H3,(H,41,50)(H,42,52)(H,43,49)(H,44,51)/b15-14-/t29-,30+,31-,32+,33+,35+,36+/m1/s1. The molecule has 7 N–H and O–H groups in total. The quantitative estimate of drug-likeness (QED) is 0.0465. The summed E-state index contributed by atoms with van der Waals surface area (Å²) < 4.78 is 0. The van der Waals surface area contributed by atoms with Crippen LogP contribution < -0.4 is 21.3 Å². The molecule has 53 heavy (non-hydrogen) atoms. The molecule has 0 aromatic heterocycles. The number of aliphatic hydroxyl groups is 3. The van der Waals surface area contributed by atoms with Crippen molar-refractivity contribution < 1.29 is 39.3 Å². The fourth-order valence-electron chi connectivity index (χ4n) is 6.54. The first-order chi connectivity index (χ1) is 25.3. The number of aliphatic hydroxyl groups excluding tert-OH is 3. The van der Waals surface area contributed by atoms with Crippen molar-refractivity contribution >= 4 is 29.5 Å². The first-order valence-electron chi connectivity index (χ1n) is 20.3. The second kappa shape index (κ2) is 27.5. The third-order valence-electron chi connectivity index (χ3n) is 9.79. The molecule has 0 radical (unpaired) electrons. The minimum Gasteiger partial charge on any atom is -0.396 e. The van der Waals surface area contributed by atoms with E-state index in [1.807, 2.05) is 6.92 Å². The van der Waals surface area contributed by atoms with Crippen LogP contribution in [0.25, 0.3) is 0 Å². The summed E-state index contributed by atoms with van der Waals surface area (Å²) in [4.78, 5) is 67.6. The molecule has 1 heterocycles. The smallest absolute Gasteiger partial charge is 0.248 e. The summed E-state index contributed by atoms with van der Waals surface area (Å²) in [5, 5.41) is 39.9. The number of hydrogen-bond donors (Lipinski definition) is 7. The van der Waals surface area contributed by atoms with E-state index >= 15 is 0 Å². The van der Waals surface area contributed by atoms with Gasteiger partial charge in [0.2, 0.25) is 29.5 Å². The Hall–Kier alpha value is -3.03. The Balaban J connectivity index is 2.67. The molecule has 13 heteroatoms. The van der Waals surface area contributed by atoms with Crippen molar-refractivity contribution in [2.45, 2.75) is 181 Å². The molecule has 1 aliphatic heterocycles. The van der Waals surface area contributed by atoms with Crippen molar-refractivity contribution in [3.8, 4) is 0 Å². The van der Waals surface area contributed by atoms with Gasteiger partial charge >= 0.3 is 0 Å². The highest BCUT2D eigenvalue weighted by atomic mass is 16.3. The second-order valence-corrected chi connectivity index (χ2v) is 15.4. The van der Waals surface area contributed by atoms with Gasteiger partial charge in [0, 0.05) is 25.6 Å². The summed E-state index contributed by atoms with van der Waals surface area (Å²) >= 11 is 0. The van der Waals surface area contributed by atoms with Crippen molar-refractivity contribution in [1.82, 2.24) is 26.2 Å². The van der Waals surface area contributed by atoms with Gasteiger partial charge in [-0.3, -0.25) is 24.0 Å². The number of amides is 5. The Morgan fingerprint density at radius 2 is 1.34 bits per heavy atom. The molecule has 1 rings (SSSR count). The van der Waals surface area contributed by atoms with E-state index in [1.165, 1.54) is 50.3 Å². The summed E-state index contributed by atoms with van der Waals surface area (Å²) in [6.45, 7) is 10.2. The van der Waals surface area contributed by atoms with Crippen LogP contribution in [0, 0.1) is 11.8 Å². The van der Waals surface area contributed by atoms with Gasteiger partial charge in [0.15, 0.2) is 0 Å². The second-order valence-electron chi connectivity index (χ2n) is 15.4. The summed E-state index contributed by atoms with van der Waals surface area (Å²) in [7, 11) is 0. The van der Waals surface area contributed by atoms with Crippen LogP contribution in [0.4, 0.5) is 0 Å². The van der Waals surface area contributed by atoms with Gasteiger partial charge in [-0.25, -0.2) is 0 Å². The van der Waals surface area contributed by atoms with Gasteiger partial charge in [-0.2, -0.15) is 0 Å². The summed E-state index contributed by atoms with van der Waals surface area (Å²) in [6, 6.07) is -4.87. The molecule has 0 aromatic carbocycles. The lowest BCUT2D eigenvalue weighted by molar-refractivity contribution is -0.144. The minimum atomic E-state index is -1.23. The van der Waals surface area contributed by atoms with E-state index in [0.29, 0.717) is 12.8 Å². The molecule has 7 atom stereocenters. The number of hydrogen-bond acceptors (Lipinski definition) is 8. The third kappa shape index (κ3) is 19.2. The van der Waals surface area contributed by atoms with E-state index < -0.39 is 65.9 Å². The first-order valence-corrected chi connectivity index (χ1v) is 20.3. The molecular formula is C40H73N5O8. The van der Waals surface area contributed by atoms with E-state index in [2.05, 4.69) is 40.3 Å². The van der Waals surface area contributed by atoms with Gasteiger partial charge in [-0.1, -0.05) is 91.2 Å². The van der Waals surface area contributed by atoms with Crippen molar-refractivity contribution in [3.05, 3.63) is 12.2 Å². The highest BCUT2D eigenvalue weighted by Crippen LogP contribution is 2.25. The van der Waals surface area contributed by atoms with Gasteiger partial charge in [-0.05, 0) is 70.6 Å². The summed E-state index contributed by atoms with van der Waals surface area (Å²) in [5.41, 5.74) is 0. The van der Waals surface area contributed by atoms with Crippen LogP contribution in [0.5, 0.6) is 0 Å². The number of carbonyl (C=O) groups excluding carboxylic acids is 5. The topological polar surface area (TPSA) is 197 Å². The van der Waals surface area contributed by atoms with Crippen LogP contribution in [-0.4, -0.2) is 106 Å². The zero-order valence-corrected chi connectivity index (χ0v) is 33.5. The van der Waals surface area contributed by atoms with Gasteiger partial charge in [0.05, 0.1) is 12.7 Å². The molecule has 13 nitrogen and oxygen atoms in total. The maximum Gasteiger partial charge on any atom is 0.248 e. The number of unbranched alkanes of at least 4 members (excludes halogenated alkanes) is 11. The molecule has 0 unspecified atom stereocenters. The summed E-state index contributed by atoms with van der Waals surface area (Å²) in [6.07, 6.45) is 18.8. The number of nitrogens with zero attached hydrogens (tertiary/aromatic N) is 1. The maximum absolute atomic E-state index is 13.8. The van der Waals surface area contributed by atoms with Crippen LogP contribution in [0.2, 0.25) is 0 Å². The number of likely N-dealkylation sites (tertiary alicyclic amines) is 1. The van der Waals surface area contributed by atoms with Crippen LogP contribution in [0.3, 0.4) is 0 Å². The van der Waals surface area contributed by atoms with Gasteiger partial charge in [0.25, 0.3) is 0 Å².